The summed E-state index contributed by atoms with van der Waals surface area (Å²) in [4.78, 5) is 14.7. The third-order valence-corrected chi connectivity index (χ3v) is 3.64. The highest BCUT2D eigenvalue weighted by Gasteiger charge is 2.16. The van der Waals surface area contributed by atoms with Gasteiger partial charge in [0.1, 0.15) is 0 Å². The molecule has 4 nitrogen and oxygen atoms in total. The molecule has 2 N–H and O–H groups in total. The Balaban J connectivity index is 1.89. The third-order valence-electron chi connectivity index (χ3n) is 3.64. The van der Waals surface area contributed by atoms with Crippen molar-refractivity contribution in [1.29, 1.82) is 0 Å². The Kier molecular flexibility index (Phi) is 3.36. The summed E-state index contributed by atoms with van der Waals surface area (Å²) in [5, 5.41) is 4.59. The molecule has 2 aromatic rings. The quantitative estimate of drug-likeness (QED) is 0.827. The van der Waals surface area contributed by atoms with Gasteiger partial charge < -0.3 is 15.0 Å². The fraction of sp³-hybridized carbons (Fsp3) is 0.400. The van der Waals surface area contributed by atoms with Gasteiger partial charge in [0.15, 0.2) is 5.78 Å². The molecule has 1 fully saturated rings. The van der Waals surface area contributed by atoms with Crippen molar-refractivity contribution in [1.82, 2.24) is 10.3 Å². The average Bonchev–Trinajstić information content (AvgIpc) is 2.82. The minimum absolute atomic E-state index is 0.105. The first-order valence-electron chi connectivity index (χ1n) is 6.66. The summed E-state index contributed by atoms with van der Waals surface area (Å²) in [6.45, 7) is 4.05. The summed E-state index contributed by atoms with van der Waals surface area (Å²) in [5.41, 5.74) is 3.08. The van der Waals surface area contributed by atoms with E-state index in [0.29, 0.717) is 6.04 Å². The molecular formula is C15H18N2O2. The molecule has 1 aromatic heterocycles. The molecule has 0 radical (unpaired) electrons. The van der Waals surface area contributed by atoms with Gasteiger partial charge in [-0.1, -0.05) is 0 Å². The number of aromatic nitrogens is 1. The van der Waals surface area contributed by atoms with Crippen LogP contribution in [0.15, 0.2) is 24.4 Å². The van der Waals surface area contributed by atoms with Gasteiger partial charge in [-0.3, -0.25) is 4.79 Å². The van der Waals surface area contributed by atoms with Crippen LogP contribution in [0, 0.1) is 0 Å². The van der Waals surface area contributed by atoms with Crippen LogP contribution in [0.1, 0.15) is 22.8 Å². The second kappa shape index (κ2) is 5.15. The zero-order valence-corrected chi connectivity index (χ0v) is 11.0. The molecule has 0 unspecified atom stereocenters. The molecule has 0 amide bonds. The number of hydrogen-bond donors (Lipinski definition) is 2. The summed E-state index contributed by atoms with van der Waals surface area (Å²) in [5.74, 6) is 0.105. The summed E-state index contributed by atoms with van der Waals surface area (Å²) in [7, 11) is 0. The Morgan fingerprint density at radius 1 is 1.47 bits per heavy atom. The molecule has 4 heteroatoms. The van der Waals surface area contributed by atoms with Crippen LogP contribution < -0.4 is 5.32 Å². The molecule has 0 spiro atoms. The molecule has 3 rings (SSSR count). The number of aromatic amines is 1. The zero-order valence-electron chi connectivity index (χ0n) is 11.0. The van der Waals surface area contributed by atoms with Crippen molar-refractivity contribution >= 4 is 16.7 Å². The second-order valence-electron chi connectivity index (χ2n) is 5.06. The monoisotopic (exact) mass is 258 g/mol. The number of Topliss-reactive ketones (excluding diaryl/α,β-unsaturated/α-hetero) is 1. The minimum Gasteiger partial charge on any atom is -0.379 e. The molecule has 1 saturated heterocycles. The Morgan fingerprint density at radius 2 is 2.37 bits per heavy atom. The van der Waals surface area contributed by atoms with Crippen molar-refractivity contribution in [2.45, 2.75) is 19.4 Å². The van der Waals surface area contributed by atoms with E-state index < -0.39 is 0 Å². The van der Waals surface area contributed by atoms with Gasteiger partial charge in [0.2, 0.25) is 0 Å². The maximum Gasteiger partial charge on any atom is 0.159 e. The number of rotatable bonds is 3. The van der Waals surface area contributed by atoms with E-state index in [4.69, 9.17) is 4.74 Å². The van der Waals surface area contributed by atoms with Crippen LogP contribution in [0.2, 0.25) is 0 Å². The highest BCUT2D eigenvalue weighted by atomic mass is 16.5. The molecule has 100 valence electrons. The van der Waals surface area contributed by atoms with E-state index in [1.165, 1.54) is 5.56 Å². The standard InChI is InChI=1S/C15H18N2O2/c1-10(18)11-2-3-15-14(7-11)12(8-17-15)6-13-9-19-5-4-16-13/h2-3,7-8,13,16-17H,4-6,9H2,1H3/t13-/m0/s1. The first-order chi connectivity index (χ1) is 9.24. The van der Waals surface area contributed by atoms with Crippen LogP contribution in [-0.2, 0) is 11.2 Å². The topological polar surface area (TPSA) is 54.1 Å². The van der Waals surface area contributed by atoms with E-state index in [2.05, 4.69) is 10.3 Å². The van der Waals surface area contributed by atoms with Crippen LogP contribution in [0.25, 0.3) is 10.9 Å². The van der Waals surface area contributed by atoms with Crippen molar-refractivity contribution in [2.24, 2.45) is 0 Å². The number of hydrogen-bond acceptors (Lipinski definition) is 3. The number of fused-ring (bicyclic) bond motifs is 1. The highest BCUT2D eigenvalue weighted by Crippen LogP contribution is 2.21. The maximum atomic E-state index is 11.5. The lowest BCUT2D eigenvalue weighted by molar-refractivity contribution is 0.0771. The first-order valence-corrected chi connectivity index (χ1v) is 6.66. The molecule has 1 aliphatic heterocycles. The van der Waals surface area contributed by atoms with Crippen LogP contribution >= 0.6 is 0 Å². The molecule has 1 atom stereocenters. The Bertz CT molecular complexity index is 597. The number of carbonyl (C=O) groups excluding carboxylic acids is 1. The van der Waals surface area contributed by atoms with Gasteiger partial charge in [-0.05, 0) is 37.1 Å². The molecule has 0 aliphatic carbocycles. The van der Waals surface area contributed by atoms with E-state index >= 15 is 0 Å². The van der Waals surface area contributed by atoms with Crippen molar-refractivity contribution in [3.63, 3.8) is 0 Å². The average molecular weight is 258 g/mol. The summed E-state index contributed by atoms with van der Waals surface area (Å²) >= 11 is 0. The minimum atomic E-state index is 0.105. The predicted octanol–water partition coefficient (Wildman–Crippen LogP) is 1.90. The highest BCUT2D eigenvalue weighted by molar-refractivity contribution is 5.98. The Hall–Kier alpha value is -1.65. The third kappa shape index (κ3) is 2.55. The van der Waals surface area contributed by atoms with Crippen LogP contribution in [0.3, 0.4) is 0 Å². The number of ether oxygens (including phenoxy) is 1. The fourth-order valence-electron chi connectivity index (χ4n) is 2.58. The van der Waals surface area contributed by atoms with Gasteiger partial charge in [-0.15, -0.1) is 0 Å². The molecule has 0 saturated carbocycles. The lowest BCUT2D eigenvalue weighted by atomic mass is 10.0. The van der Waals surface area contributed by atoms with E-state index in [1.54, 1.807) is 6.92 Å². The van der Waals surface area contributed by atoms with E-state index in [0.717, 1.165) is 42.6 Å². The van der Waals surface area contributed by atoms with Crippen molar-refractivity contribution in [3.8, 4) is 0 Å². The van der Waals surface area contributed by atoms with Crippen LogP contribution in [-0.4, -0.2) is 36.6 Å². The first kappa shape index (κ1) is 12.4. The van der Waals surface area contributed by atoms with Gasteiger partial charge in [0.25, 0.3) is 0 Å². The molecule has 1 aliphatic rings. The van der Waals surface area contributed by atoms with Crippen molar-refractivity contribution in [3.05, 3.63) is 35.5 Å². The van der Waals surface area contributed by atoms with Crippen molar-refractivity contribution < 1.29 is 9.53 Å². The Morgan fingerprint density at radius 3 is 3.11 bits per heavy atom. The van der Waals surface area contributed by atoms with Crippen LogP contribution in [0.4, 0.5) is 0 Å². The summed E-state index contributed by atoms with van der Waals surface area (Å²) in [6.07, 6.45) is 2.95. The number of nitrogens with one attached hydrogen (secondary N) is 2. The lowest BCUT2D eigenvalue weighted by Gasteiger charge is -2.23. The predicted molar refractivity (Wildman–Crippen MR) is 74.6 cm³/mol. The lowest BCUT2D eigenvalue weighted by Crippen LogP contribution is -2.42. The Labute approximate surface area is 112 Å². The molecule has 19 heavy (non-hydrogen) atoms. The number of benzene rings is 1. The largest absolute Gasteiger partial charge is 0.379 e. The number of ketones is 1. The van der Waals surface area contributed by atoms with Gasteiger partial charge in [-0.25, -0.2) is 0 Å². The summed E-state index contributed by atoms with van der Waals surface area (Å²) < 4.78 is 5.48. The molecular weight excluding hydrogens is 240 g/mol. The van der Waals surface area contributed by atoms with Gasteiger partial charge in [0.05, 0.1) is 13.2 Å². The van der Waals surface area contributed by atoms with E-state index in [1.807, 2.05) is 24.4 Å². The maximum absolute atomic E-state index is 11.5. The van der Waals surface area contributed by atoms with Crippen molar-refractivity contribution in [2.75, 3.05) is 19.8 Å². The SMILES string of the molecule is CC(=O)c1ccc2[nH]cc(C[C@H]3COCCN3)c2c1. The van der Waals surface area contributed by atoms with Gasteiger partial charge in [-0.2, -0.15) is 0 Å². The van der Waals surface area contributed by atoms with E-state index in [-0.39, 0.29) is 5.78 Å². The molecule has 1 aromatic carbocycles. The van der Waals surface area contributed by atoms with Gasteiger partial charge in [0, 0.05) is 35.2 Å². The summed E-state index contributed by atoms with van der Waals surface area (Å²) in [6, 6.07) is 6.18. The fourth-order valence-corrected chi connectivity index (χ4v) is 2.58. The zero-order chi connectivity index (χ0) is 13.2. The van der Waals surface area contributed by atoms with E-state index in [9.17, 15) is 4.79 Å². The molecule has 2 heterocycles. The van der Waals surface area contributed by atoms with Crippen LogP contribution in [0.5, 0.6) is 0 Å². The second-order valence-corrected chi connectivity index (χ2v) is 5.06. The normalized spacial score (nSPS) is 19.7. The smallest absolute Gasteiger partial charge is 0.159 e. The number of carbonyl (C=O) groups is 1. The number of H-pyrrole nitrogens is 1. The molecule has 0 bridgehead atoms. The number of morpholine rings is 1. The van der Waals surface area contributed by atoms with Gasteiger partial charge >= 0.3 is 0 Å².